The lowest BCUT2D eigenvalue weighted by Gasteiger charge is -2.41. The molecule has 2 saturated carbocycles. The zero-order valence-electron chi connectivity index (χ0n) is 11.1. The van der Waals surface area contributed by atoms with Crippen molar-refractivity contribution in [3.05, 3.63) is 0 Å². The zero-order valence-corrected chi connectivity index (χ0v) is 11.1. The van der Waals surface area contributed by atoms with Crippen molar-refractivity contribution in [1.82, 2.24) is 4.90 Å². The highest BCUT2D eigenvalue weighted by Gasteiger charge is 2.36. The average molecular weight is 236 g/mol. The molecular formula is C15H28N2. The molecule has 3 fully saturated rings. The predicted octanol–water partition coefficient (Wildman–Crippen LogP) is 2.77. The Bertz CT molecular complexity index is 253. The number of nitrogens with zero attached hydrogens (tertiary/aromatic N) is 1. The molecule has 2 N–H and O–H groups in total. The maximum absolute atomic E-state index is 6.12. The van der Waals surface area contributed by atoms with Crippen LogP contribution in [0.25, 0.3) is 0 Å². The highest BCUT2D eigenvalue weighted by molar-refractivity contribution is 4.90. The van der Waals surface area contributed by atoms with Crippen molar-refractivity contribution >= 4 is 0 Å². The first-order chi connectivity index (χ1) is 8.33. The van der Waals surface area contributed by atoms with E-state index in [9.17, 15) is 0 Å². The van der Waals surface area contributed by atoms with Crippen molar-refractivity contribution in [2.45, 2.75) is 69.9 Å². The van der Waals surface area contributed by atoms with Crippen LogP contribution in [0.2, 0.25) is 0 Å². The molecule has 2 nitrogen and oxygen atoms in total. The quantitative estimate of drug-likeness (QED) is 0.799. The zero-order chi connectivity index (χ0) is 11.7. The number of fused-ring (bicyclic) bond motifs is 1. The Balaban J connectivity index is 1.56. The third kappa shape index (κ3) is 2.68. The molecule has 3 aliphatic rings. The normalized spacial score (nSPS) is 43.6. The Morgan fingerprint density at radius 3 is 2.65 bits per heavy atom. The van der Waals surface area contributed by atoms with E-state index < -0.39 is 0 Å². The second-order valence-electron chi connectivity index (χ2n) is 6.69. The van der Waals surface area contributed by atoms with E-state index in [0.717, 1.165) is 17.9 Å². The third-order valence-electron chi connectivity index (χ3n) is 5.42. The van der Waals surface area contributed by atoms with Gasteiger partial charge in [-0.2, -0.15) is 0 Å². The topological polar surface area (TPSA) is 29.3 Å². The molecule has 0 aromatic carbocycles. The highest BCUT2D eigenvalue weighted by atomic mass is 15.2. The van der Waals surface area contributed by atoms with E-state index in [0.29, 0.717) is 6.04 Å². The van der Waals surface area contributed by atoms with E-state index in [1.54, 1.807) is 0 Å². The van der Waals surface area contributed by atoms with Gasteiger partial charge in [-0.25, -0.2) is 0 Å². The fourth-order valence-electron chi connectivity index (χ4n) is 4.61. The Hall–Kier alpha value is -0.0800. The molecule has 17 heavy (non-hydrogen) atoms. The molecule has 1 saturated heterocycles. The molecule has 0 amide bonds. The van der Waals surface area contributed by atoms with Crippen molar-refractivity contribution in [2.75, 3.05) is 13.1 Å². The van der Waals surface area contributed by atoms with Gasteiger partial charge in [-0.3, -0.25) is 4.90 Å². The van der Waals surface area contributed by atoms with Crippen LogP contribution in [-0.4, -0.2) is 30.1 Å². The molecule has 0 aromatic heterocycles. The lowest BCUT2D eigenvalue weighted by Crippen LogP contribution is -2.46. The fraction of sp³-hybridized carbons (Fsp3) is 1.00. The van der Waals surface area contributed by atoms with Gasteiger partial charge in [0.1, 0.15) is 0 Å². The average Bonchev–Trinajstić information content (AvgIpc) is 2.78. The molecule has 0 bridgehead atoms. The summed E-state index contributed by atoms with van der Waals surface area (Å²) in [5.74, 6) is 1.94. The van der Waals surface area contributed by atoms with Crippen molar-refractivity contribution in [2.24, 2.45) is 17.6 Å². The Morgan fingerprint density at radius 1 is 0.941 bits per heavy atom. The molecule has 0 radical (unpaired) electrons. The molecule has 0 aromatic rings. The maximum Gasteiger partial charge on any atom is 0.0124 e. The summed E-state index contributed by atoms with van der Waals surface area (Å²) in [6.45, 7) is 2.72. The number of likely N-dealkylation sites (tertiary alicyclic amines) is 1. The van der Waals surface area contributed by atoms with Gasteiger partial charge in [-0.1, -0.05) is 12.8 Å². The number of hydrogen-bond donors (Lipinski definition) is 1. The summed E-state index contributed by atoms with van der Waals surface area (Å²) in [5.41, 5.74) is 6.12. The van der Waals surface area contributed by atoms with Gasteiger partial charge >= 0.3 is 0 Å². The Kier molecular flexibility index (Phi) is 3.72. The lowest BCUT2D eigenvalue weighted by atomic mass is 9.84. The van der Waals surface area contributed by atoms with Crippen LogP contribution in [0.4, 0.5) is 0 Å². The summed E-state index contributed by atoms with van der Waals surface area (Å²) < 4.78 is 0. The minimum absolute atomic E-state index is 0.498. The number of hydrogen-bond acceptors (Lipinski definition) is 2. The van der Waals surface area contributed by atoms with Gasteiger partial charge in [0.15, 0.2) is 0 Å². The smallest absolute Gasteiger partial charge is 0.0124 e. The van der Waals surface area contributed by atoms with Crippen LogP contribution >= 0.6 is 0 Å². The van der Waals surface area contributed by atoms with Crippen molar-refractivity contribution in [3.8, 4) is 0 Å². The second-order valence-corrected chi connectivity index (χ2v) is 6.69. The van der Waals surface area contributed by atoms with Gasteiger partial charge in [-0.05, 0) is 63.3 Å². The minimum Gasteiger partial charge on any atom is -0.328 e. The fourth-order valence-corrected chi connectivity index (χ4v) is 4.61. The van der Waals surface area contributed by atoms with Gasteiger partial charge in [0.05, 0.1) is 0 Å². The summed E-state index contributed by atoms with van der Waals surface area (Å²) in [4.78, 5) is 2.84. The van der Waals surface area contributed by atoms with Gasteiger partial charge < -0.3 is 5.73 Å². The predicted molar refractivity (Wildman–Crippen MR) is 71.9 cm³/mol. The van der Waals surface area contributed by atoms with E-state index in [4.69, 9.17) is 5.73 Å². The molecule has 1 heterocycles. The van der Waals surface area contributed by atoms with Crippen LogP contribution in [-0.2, 0) is 0 Å². The molecule has 3 rings (SSSR count). The van der Waals surface area contributed by atoms with E-state index in [2.05, 4.69) is 4.90 Å². The highest BCUT2D eigenvalue weighted by Crippen LogP contribution is 2.38. The van der Waals surface area contributed by atoms with E-state index >= 15 is 0 Å². The van der Waals surface area contributed by atoms with Crippen LogP contribution in [0.3, 0.4) is 0 Å². The summed E-state index contributed by atoms with van der Waals surface area (Å²) >= 11 is 0. The summed E-state index contributed by atoms with van der Waals surface area (Å²) in [6, 6.07) is 1.44. The largest absolute Gasteiger partial charge is 0.328 e. The number of rotatable bonds is 2. The second kappa shape index (κ2) is 5.27. The first-order valence-corrected chi connectivity index (χ1v) is 7.82. The van der Waals surface area contributed by atoms with Crippen LogP contribution in [0.5, 0.6) is 0 Å². The van der Waals surface area contributed by atoms with Crippen LogP contribution < -0.4 is 5.73 Å². The monoisotopic (exact) mass is 236 g/mol. The molecule has 4 unspecified atom stereocenters. The van der Waals surface area contributed by atoms with Gasteiger partial charge in [0.2, 0.25) is 0 Å². The SMILES string of the molecule is NC1CCCC(CN2CCCC3CCCC32)C1. The third-order valence-corrected chi connectivity index (χ3v) is 5.42. The molecule has 2 heteroatoms. The molecule has 98 valence electrons. The van der Waals surface area contributed by atoms with Crippen molar-refractivity contribution < 1.29 is 0 Å². The number of piperidine rings is 1. The van der Waals surface area contributed by atoms with Gasteiger partial charge in [-0.15, -0.1) is 0 Å². The van der Waals surface area contributed by atoms with Crippen LogP contribution in [0.15, 0.2) is 0 Å². The van der Waals surface area contributed by atoms with Crippen molar-refractivity contribution in [1.29, 1.82) is 0 Å². The number of nitrogens with two attached hydrogens (primary N) is 1. The van der Waals surface area contributed by atoms with Crippen LogP contribution in [0.1, 0.15) is 57.8 Å². The van der Waals surface area contributed by atoms with Crippen LogP contribution in [0, 0.1) is 11.8 Å². The standard InChI is InChI=1S/C15H28N2/c16-14-7-1-4-12(10-14)11-17-9-3-6-13-5-2-8-15(13)17/h12-15H,1-11,16H2. The Morgan fingerprint density at radius 2 is 1.76 bits per heavy atom. The maximum atomic E-state index is 6.12. The Labute approximate surface area is 106 Å². The molecule has 1 aliphatic heterocycles. The molecular weight excluding hydrogens is 208 g/mol. The summed E-state index contributed by atoms with van der Waals surface area (Å²) in [7, 11) is 0. The van der Waals surface area contributed by atoms with Gasteiger partial charge in [0.25, 0.3) is 0 Å². The summed E-state index contributed by atoms with van der Waals surface area (Å²) in [6.07, 6.45) is 12.8. The van der Waals surface area contributed by atoms with Crippen molar-refractivity contribution in [3.63, 3.8) is 0 Å². The molecule has 2 aliphatic carbocycles. The van der Waals surface area contributed by atoms with Gasteiger partial charge in [0, 0.05) is 18.6 Å². The first kappa shape index (κ1) is 12.0. The lowest BCUT2D eigenvalue weighted by molar-refractivity contribution is 0.0839. The summed E-state index contributed by atoms with van der Waals surface area (Å²) in [5, 5.41) is 0. The van der Waals surface area contributed by atoms with E-state index in [-0.39, 0.29) is 0 Å². The molecule has 0 spiro atoms. The minimum atomic E-state index is 0.498. The molecule has 4 atom stereocenters. The van der Waals surface area contributed by atoms with E-state index in [1.165, 1.54) is 70.9 Å². The first-order valence-electron chi connectivity index (χ1n) is 7.82. The van der Waals surface area contributed by atoms with E-state index in [1.807, 2.05) is 0 Å².